The van der Waals surface area contributed by atoms with Crippen molar-refractivity contribution in [2.75, 3.05) is 13.1 Å². The van der Waals surface area contributed by atoms with Crippen molar-refractivity contribution in [2.45, 2.75) is 45.1 Å². The molecule has 2 heterocycles. The Hall–Kier alpha value is -3.79. The molecule has 1 aliphatic rings. The second-order valence-electron chi connectivity index (χ2n) is 10.7. The summed E-state index contributed by atoms with van der Waals surface area (Å²) >= 11 is 6.36. The molecule has 1 aliphatic heterocycles. The second-order valence-corrected chi connectivity index (χ2v) is 13.0. The van der Waals surface area contributed by atoms with Crippen LogP contribution in [0.2, 0.25) is 5.02 Å². The molecule has 1 aromatic heterocycles. The van der Waals surface area contributed by atoms with Gasteiger partial charge in [-0.2, -0.15) is 14.5 Å². The summed E-state index contributed by atoms with van der Waals surface area (Å²) in [5.41, 5.74) is 8.53. The van der Waals surface area contributed by atoms with Gasteiger partial charge >= 0.3 is 0 Å². The molecular weight excluding hydrogens is 570 g/mol. The summed E-state index contributed by atoms with van der Waals surface area (Å²) in [7, 11) is -3.64. The molecule has 0 saturated carbocycles. The average Bonchev–Trinajstić information content (AvgIpc) is 3.36. The highest BCUT2D eigenvalue weighted by Gasteiger charge is 2.33. The van der Waals surface area contributed by atoms with Gasteiger partial charge in [-0.05, 0) is 56.4 Å². The molecule has 0 radical (unpaired) electrons. The van der Waals surface area contributed by atoms with Crippen molar-refractivity contribution < 1.29 is 13.2 Å². The number of aromatic nitrogens is 2. The largest absolute Gasteiger partial charge is 0.273 e. The molecule has 1 saturated heterocycles. The number of hydrazone groups is 1. The molecule has 0 spiro atoms. The number of nitrogens with zero attached hydrogens (tertiary/aromatic N) is 4. The topological polar surface area (TPSA) is 96.7 Å². The summed E-state index contributed by atoms with van der Waals surface area (Å²) in [5.74, 6) is -0.555. The van der Waals surface area contributed by atoms with Gasteiger partial charge in [-0.3, -0.25) is 9.48 Å². The maximum Gasteiger partial charge on any atom is 0.243 e. The highest BCUT2D eigenvalue weighted by atomic mass is 35.5. The van der Waals surface area contributed by atoms with Gasteiger partial charge in [0.05, 0.1) is 17.7 Å². The van der Waals surface area contributed by atoms with E-state index in [0.29, 0.717) is 29.3 Å². The first-order valence-corrected chi connectivity index (χ1v) is 15.7. The van der Waals surface area contributed by atoms with E-state index in [4.69, 9.17) is 16.7 Å². The third-order valence-electron chi connectivity index (χ3n) is 7.53. The Balaban J connectivity index is 1.25. The highest BCUT2D eigenvalue weighted by molar-refractivity contribution is 7.89. The standard InChI is InChI=1S/C32H34ClN5O3S/c1-22-17-23(2)31(24(3)18-22)42(40,41)38-15-13-26(14-16-38)32(39)35-34-19-28-21-37(20-27-11-7-8-12-29(27)33)36-30(28)25-9-5-4-6-10-25/h4-12,17-19,21,26H,13-16,20H2,1-3H3,(H,35,39). The predicted octanol–water partition coefficient (Wildman–Crippen LogP) is 5.73. The molecule has 0 unspecified atom stereocenters. The zero-order valence-corrected chi connectivity index (χ0v) is 25.5. The van der Waals surface area contributed by atoms with Crippen LogP contribution < -0.4 is 5.43 Å². The van der Waals surface area contributed by atoms with Crippen LogP contribution in [0.1, 0.15) is 40.7 Å². The molecule has 5 rings (SSSR count). The molecule has 1 fully saturated rings. The summed E-state index contributed by atoms with van der Waals surface area (Å²) in [6.07, 6.45) is 4.32. The van der Waals surface area contributed by atoms with Crippen molar-refractivity contribution in [3.8, 4) is 11.3 Å². The van der Waals surface area contributed by atoms with Gasteiger partial charge in [0.25, 0.3) is 0 Å². The van der Waals surface area contributed by atoms with Crippen LogP contribution in [0.3, 0.4) is 0 Å². The minimum Gasteiger partial charge on any atom is -0.273 e. The number of rotatable bonds is 8. The number of amides is 1. The number of hydrogen-bond acceptors (Lipinski definition) is 5. The van der Waals surface area contributed by atoms with E-state index in [2.05, 4.69) is 10.5 Å². The fourth-order valence-electron chi connectivity index (χ4n) is 5.55. The highest BCUT2D eigenvalue weighted by Crippen LogP contribution is 2.29. The van der Waals surface area contributed by atoms with E-state index in [0.717, 1.165) is 39.1 Å². The van der Waals surface area contributed by atoms with Gasteiger partial charge in [0.1, 0.15) is 5.69 Å². The van der Waals surface area contributed by atoms with Crippen molar-refractivity contribution in [1.82, 2.24) is 19.5 Å². The van der Waals surface area contributed by atoms with Gasteiger partial charge < -0.3 is 0 Å². The number of carbonyl (C=O) groups is 1. The van der Waals surface area contributed by atoms with Crippen LogP contribution in [0.4, 0.5) is 0 Å². The number of hydrogen-bond donors (Lipinski definition) is 1. The number of carbonyl (C=O) groups excluding carboxylic acids is 1. The molecule has 8 nitrogen and oxygen atoms in total. The minimum atomic E-state index is -3.64. The van der Waals surface area contributed by atoms with Gasteiger partial charge in [0.15, 0.2) is 0 Å². The summed E-state index contributed by atoms with van der Waals surface area (Å²) in [6.45, 7) is 6.67. The second kappa shape index (κ2) is 12.6. The van der Waals surface area contributed by atoms with Crippen LogP contribution in [0.5, 0.6) is 0 Å². The Morgan fingerprint density at radius 1 is 1.02 bits per heavy atom. The van der Waals surface area contributed by atoms with Crippen LogP contribution >= 0.6 is 11.6 Å². The van der Waals surface area contributed by atoms with Gasteiger partial charge in [0.2, 0.25) is 15.9 Å². The normalized spacial score (nSPS) is 14.9. The maximum absolute atomic E-state index is 13.4. The van der Waals surface area contributed by atoms with Crippen LogP contribution in [-0.4, -0.2) is 47.7 Å². The lowest BCUT2D eigenvalue weighted by Gasteiger charge is -2.31. The number of sulfonamides is 1. The van der Waals surface area contributed by atoms with E-state index in [1.165, 1.54) is 4.31 Å². The predicted molar refractivity (Wildman–Crippen MR) is 166 cm³/mol. The number of benzene rings is 3. The molecule has 0 aliphatic carbocycles. The first kappa shape index (κ1) is 29.7. The Morgan fingerprint density at radius 3 is 2.33 bits per heavy atom. The molecule has 4 aromatic rings. The smallest absolute Gasteiger partial charge is 0.243 e. The quantitative estimate of drug-likeness (QED) is 0.206. The van der Waals surface area contributed by atoms with Crippen molar-refractivity contribution in [1.29, 1.82) is 0 Å². The molecule has 0 bridgehead atoms. The maximum atomic E-state index is 13.4. The molecule has 1 N–H and O–H groups in total. The lowest BCUT2D eigenvalue weighted by molar-refractivity contribution is -0.126. The molecule has 0 atom stereocenters. The van der Waals surface area contributed by atoms with Crippen molar-refractivity contribution in [2.24, 2.45) is 11.0 Å². The number of piperidine rings is 1. The third kappa shape index (κ3) is 6.48. The Kier molecular flexibility index (Phi) is 8.91. The fourth-order valence-corrected chi connectivity index (χ4v) is 7.63. The fraction of sp³-hybridized carbons (Fsp3) is 0.281. The molecule has 42 heavy (non-hydrogen) atoms. The zero-order valence-electron chi connectivity index (χ0n) is 23.9. The summed E-state index contributed by atoms with van der Waals surface area (Å²) < 4.78 is 30.1. The van der Waals surface area contributed by atoms with Crippen LogP contribution in [-0.2, 0) is 21.4 Å². The third-order valence-corrected chi connectivity index (χ3v) is 10.1. The van der Waals surface area contributed by atoms with Gasteiger partial charge in [0, 0.05) is 41.4 Å². The number of nitrogens with one attached hydrogen (secondary N) is 1. The summed E-state index contributed by atoms with van der Waals surface area (Å²) in [4.78, 5) is 13.3. The van der Waals surface area contributed by atoms with Gasteiger partial charge in [-0.1, -0.05) is 77.8 Å². The number of halogens is 1. The molecule has 218 valence electrons. The molecular formula is C32H34ClN5O3S. The summed E-state index contributed by atoms with van der Waals surface area (Å²) in [5, 5.41) is 9.69. The first-order chi connectivity index (χ1) is 20.1. The van der Waals surface area contributed by atoms with Crippen molar-refractivity contribution in [3.05, 3.63) is 106 Å². The molecule has 10 heteroatoms. The average molecular weight is 604 g/mol. The van der Waals surface area contributed by atoms with E-state index in [1.807, 2.05) is 93.7 Å². The molecule has 3 aromatic carbocycles. The lowest BCUT2D eigenvalue weighted by Crippen LogP contribution is -2.42. The summed E-state index contributed by atoms with van der Waals surface area (Å²) in [6, 6.07) is 21.2. The van der Waals surface area contributed by atoms with Gasteiger partial charge in [-0.25, -0.2) is 13.8 Å². The van der Waals surface area contributed by atoms with Crippen molar-refractivity contribution in [3.63, 3.8) is 0 Å². The van der Waals surface area contributed by atoms with Crippen molar-refractivity contribution >= 4 is 33.7 Å². The van der Waals surface area contributed by atoms with E-state index < -0.39 is 10.0 Å². The molecule has 1 amide bonds. The van der Waals surface area contributed by atoms with Crippen LogP contribution in [0.25, 0.3) is 11.3 Å². The van der Waals surface area contributed by atoms with E-state index in [1.54, 1.807) is 10.9 Å². The minimum absolute atomic E-state index is 0.226. The first-order valence-electron chi connectivity index (χ1n) is 13.9. The van der Waals surface area contributed by atoms with Gasteiger partial charge in [-0.15, -0.1) is 0 Å². The Labute approximate surface area is 252 Å². The Morgan fingerprint density at radius 2 is 1.67 bits per heavy atom. The SMILES string of the molecule is Cc1cc(C)c(S(=O)(=O)N2CCC(C(=O)NN=Cc3cn(Cc4ccccc4Cl)nc3-c3ccccc3)CC2)c(C)c1. The number of aryl methyl sites for hydroxylation is 3. The van der Waals surface area contributed by atoms with E-state index in [-0.39, 0.29) is 24.9 Å². The Bertz CT molecular complexity index is 1700. The van der Waals surface area contributed by atoms with E-state index in [9.17, 15) is 13.2 Å². The lowest BCUT2D eigenvalue weighted by atomic mass is 9.98. The van der Waals surface area contributed by atoms with E-state index >= 15 is 0 Å². The van der Waals surface area contributed by atoms with Crippen LogP contribution in [0, 0.1) is 26.7 Å². The monoisotopic (exact) mass is 603 g/mol. The zero-order chi connectivity index (χ0) is 29.9. The van der Waals surface area contributed by atoms with Crippen LogP contribution in [0.15, 0.2) is 82.9 Å².